The van der Waals surface area contributed by atoms with Gasteiger partial charge in [0, 0.05) is 23.7 Å². The number of nitrogens with zero attached hydrogens (tertiary/aromatic N) is 1. The molecule has 0 aliphatic heterocycles. The largest absolute Gasteiger partial charge is 0.382 e. The van der Waals surface area contributed by atoms with Gasteiger partial charge in [-0.3, -0.25) is 14.9 Å². The van der Waals surface area contributed by atoms with Gasteiger partial charge in [0.05, 0.1) is 8.49 Å². The monoisotopic (exact) mass is 389 g/mol. The third-order valence-corrected chi connectivity index (χ3v) is 4.51. The fourth-order valence-electron chi connectivity index (χ4n) is 2.50. The second-order valence-corrected chi connectivity index (χ2v) is 6.18. The van der Waals surface area contributed by atoms with Crippen molar-refractivity contribution in [3.05, 3.63) is 31.9 Å². The molecule has 0 spiro atoms. The number of halogens is 1. The number of hydrogen-bond donors (Lipinski definition) is 2. The number of amides is 1. The Morgan fingerprint density at radius 3 is 2.50 bits per heavy atom. The zero-order valence-electron chi connectivity index (χ0n) is 10.8. The van der Waals surface area contributed by atoms with Crippen LogP contribution < -0.4 is 11.1 Å². The average Bonchev–Trinajstić information content (AvgIpc) is 2.39. The van der Waals surface area contributed by atoms with E-state index in [9.17, 15) is 14.9 Å². The van der Waals surface area contributed by atoms with Crippen molar-refractivity contribution in [3.63, 3.8) is 0 Å². The first kappa shape index (κ1) is 15.0. The normalized spacial score (nSPS) is 22.2. The number of benzene rings is 1. The summed E-state index contributed by atoms with van der Waals surface area (Å²) in [4.78, 5) is 21.5. The van der Waals surface area contributed by atoms with Crippen LogP contribution in [0.3, 0.4) is 0 Å². The summed E-state index contributed by atoms with van der Waals surface area (Å²) >= 11 is 1.96. The van der Waals surface area contributed by atoms with Gasteiger partial charge >= 0.3 is 0 Å². The van der Waals surface area contributed by atoms with E-state index in [2.05, 4.69) is 5.32 Å². The lowest BCUT2D eigenvalue weighted by Crippen LogP contribution is -2.32. The zero-order valence-corrected chi connectivity index (χ0v) is 13.0. The number of carbonyl (C=O) groups excluding carboxylic acids is 1. The lowest BCUT2D eigenvalue weighted by atomic mass is 9.85. The molecule has 0 saturated heterocycles. The number of nitro groups is 1. The van der Waals surface area contributed by atoms with Gasteiger partial charge in [0.1, 0.15) is 0 Å². The fourth-order valence-corrected chi connectivity index (χ4v) is 3.21. The molecule has 20 heavy (non-hydrogen) atoms. The van der Waals surface area contributed by atoms with Crippen molar-refractivity contribution in [2.24, 2.45) is 11.7 Å². The van der Waals surface area contributed by atoms with E-state index in [1.807, 2.05) is 22.6 Å². The van der Waals surface area contributed by atoms with Crippen LogP contribution in [-0.2, 0) is 4.79 Å². The van der Waals surface area contributed by atoms with Gasteiger partial charge in [-0.25, -0.2) is 0 Å². The van der Waals surface area contributed by atoms with Gasteiger partial charge in [-0.05, 0) is 60.4 Å². The van der Waals surface area contributed by atoms with Crippen molar-refractivity contribution in [3.8, 4) is 0 Å². The molecule has 0 aromatic heterocycles. The number of nitro benzene ring substituents is 1. The summed E-state index contributed by atoms with van der Waals surface area (Å²) in [6.07, 6.45) is 3.39. The van der Waals surface area contributed by atoms with Crippen LogP contribution in [0, 0.1) is 19.6 Å². The molecule has 0 heterocycles. The SMILES string of the molecule is NC(=O)C1CCC(Nc2ccc([N+](=O)[O-])c(I)c2)CC1. The van der Waals surface area contributed by atoms with E-state index in [0.717, 1.165) is 31.4 Å². The molecule has 7 heteroatoms. The van der Waals surface area contributed by atoms with Gasteiger partial charge in [0.2, 0.25) is 5.91 Å². The number of rotatable bonds is 4. The van der Waals surface area contributed by atoms with E-state index in [1.54, 1.807) is 12.1 Å². The first-order valence-electron chi connectivity index (χ1n) is 6.47. The molecular weight excluding hydrogens is 373 g/mol. The number of nitrogens with two attached hydrogens (primary N) is 1. The summed E-state index contributed by atoms with van der Waals surface area (Å²) in [6.45, 7) is 0. The molecule has 1 amide bonds. The van der Waals surface area contributed by atoms with Crippen LogP contribution in [0.5, 0.6) is 0 Å². The second kappa shape index (κ2) is 6.38. The topological polar surface area (TPSA) is 98.3 Å². The molecule has 108 valence electrons. The molecule has 1 saturated carbocycles. The first-order chi connectivity index (χ1) is 9.47. The van der Waals surface area contributed by atoms with Crippen LogP contribution in [0.1, 0.15) is 25.7 Å². The Kier molecular flexibility index (Phi) is 4.79. The minimum Gasteiger partial charge on any atom is -0.382 e. The molecule has 1 aromatic rings. The van der Waals surface area contributed by atoms with Gasteiger partial charge in [-0.2, -0.15) is 0 Å². The van der Waals surface area contributed by atoms with Crippen LogP contribution in [0.15, 0.2) is 18.2 Å². The highest BCUT2D eigenvalue weighted by molar-refractivity contribution is 14.1. The molecule has 6 nitrogen and oxygen atoms in total. The summed E-state index contributed by atoms with van der Waals surface area (Å²) < 4.78 is 0.614. The Bertz CT molecular complexity index is 528. The molecule has 1 aromatic carbocycles. The third kappa shape index (κ3) is 3.59. The number of anilines is 1. The third-order valence-electron chi connectivity index (χ3n) is 3.64. The maximum Gasteiger partial charge on any atom is 0.282 e. The van der Waals surface area contributed by atoms with Gasteiger partial charge in [-0.1, -0.05) is 0 Å². The summed E-state index contributed by atoms with van der Waals surface area (Å²) in [6, 6.07) is 5.31. The molecule has 1 aliphatic rings. The summed E-state index contributed by atoms with van der Waals surface area (Å²) in [5, 5.41) is 14.1. The van der Waals surface area contributed by atoms with Crippen LogP contribution >= 0.6 is 22.6 Å². The molecule has 3 N–H and O–H groups in total. The quantitative estimate of drug-likeness (QED) is 0.470. The Morgan fingerprint density at radius 1 is 1.35 bits per heavy atom. The van der Waals surface area contributed by atoms with Crippen LogP contribution in [0.2, 0.25) is 0 Å². The van der Waals surface area contributed by atoms with Crippen molar-refractivity contribution >= 4 is 39.9 Å². The number of carbonyl (C=O) groups is 1. The Hall–Kier alpha value is -1.38. The van der Waals surface area contributed by atoms with E-state index < -0.39 is 0 Å². The van der Waals surface area contributed by atoms with E-state index in [4.69, 9.17) is 5.73 Å². The molecule has 0 radical (unpaired) electrons. The summed E-state index contributed by atoms with van der Waals surface area (Å²) in [7, 11) is 0. The maximum absolute atomic E-state index is 11.1. The predicted octanol–water partition coefficient (Wildman–Crippen LogP) is 2.66. The zero-order chi connectivity index (χ0) is 14.7. The molecule has 2 rings (SSSR count). The standard InChI is InChI=1S/C13H16IN3O3/c14-11-7-10(5-6-12(11)17(19)20)16-9-3-1-8(2-4-9)13(15)18/h5-9,16H,1-4H2,(H2,15,18). The molecule has 0 unspecified atom stereocenters. The minimum absolute atomic E-state index is 0.00922. The molecule has 1 fully saturated rings. The Balaban J connectivity index is 1.96. The number of hydrogen-bond acceptors (Lipinski definition) is 4. The molecule has 1 aliphatic carbocycles. The fraction of sp³-hybridized carbons (Fsp3) is 0.462. The van der Waals surface area contributed by atoms with Crippen LogP contribution in [0.4, 0.5) is 11.4 Å². The van der Waals surface area contributed by atoms with Gasteiger partial charge < -0.3 is 11.1 Å². The lowest BCUT2D eigenvalue weighted by Gasteiger charge is -2.28. The average molecular weight is 389 g/mol. The highest BCUT2D eigenvalue weighted by atomic mass is 127. The highest BCUT2D eigenvalue weighted by Crippen LogP contribution is 2.29. The van der Waals surface area contributed by atoms with E-state index in [1.165, 1.54) is 6.07 Å². The smallest absolute Gasteiger partial charge is 0.282 e. The second-order valence-electron chi connectivity index (χ2n) is 5.02. The molecule has 0 atom stereocenters. The van der Waals surface area contributed by atoms with Crippen molar-refractivity contribution in [1.82, 2.24) is 0 Å². The minimum atomic E-state index is -0.385. The van der Waals surface area contributed by atoms with Gasteiger partial charge in [0.15, 0.2) is 0 Å². The van der Waals surface area contributed by atoms with E-state index in [0.29, 0.717) is 9.61 Å². The maximum atomic E-state index is 11.1. The van der Waals surface area contributed by atoms with Crippen molar-refractivity contribution in [1.29, 1.82) is 0 Å². The summed E-state index contributed by atoms with van der Waals surface area (Å²) in [5.74, 6) is -0.224. The van der Waals surface area contributed by atoms with Crippen molar-refractivity contribution < 1.29 is 9.72 Å². The Morgan fingerprint density at radius 2 is 2.00 bits per heavy atom. The van der Waals surface area contributed by atoms with Crippen LogP contribution in [-0.4, -0.2) is 16.9 Å². The number of primary amides is 1. The van der Waals surface area contributed by atoms with Gasteiger partial charge in [0.25, 0.3) is 5.69 Å². The molecule has 0 bridgehead atoms. The van der Waals surface area contributed by atoms with E-state index in [-0.39, 0.29) is 22.4 Å². The Labute approximate surface area is 130 Å². The van der Waals surface area contributed by atoms with E-state index >= 15 is 0 Å². The number of nitrogens with one attached hydrogen (secondary N) is 1. The lowest BCUT2D eigenvalue weighted by molar-refractivity contribution is -0.385. The molecular formula is C13H16IN3O3. The summed E-state index contributed by atoms with van der Waals surface area (Å²) in [5.41, 5.74) is 6.30. The predicted molar refractivity (Wildman–Crippen MR) is 84.4 cm³/mol. The van der Waals surface area contributed by atoms with Crippen LogP contribution in [0.25, 0.3) is 0 Å². The van der Waals surface area contributed by atoms with Crippen molar-refractivity contribution in [2.75, 3.05) is 5.32 Å². The first-order valence-corrected chi connectivity index (χ1v) is 7.55. The highest BCUT2D eigenvalue weighted by Gasteiger charge is 2.24. The van der Waals surface area contributed by atoms with Crippen molar-refractivity contribution in [2.45, 2.75) is 31.7 Å². The van der Waals surface area contributed by atoms with Gasteiger partial charge in [-0.15, -0.1) is 0 Å².